The second-order valence-corrected chi connectivity index (χ2v) is 8.92. The molecule has 1 heterocycles. The van der Waals surface area contributed by atoms with E-state index >= 15 is 0 Å². The highest BCUT2D eigenvalue weighted by atomic mass is 127. The molecule has 2 aliphatic carbocycles. The zero-order valence-electron chi connectivity index (χ0n) is 16.7. The van der Waals surface area contributed by atoms with Crippen LogP contribution in [-0.2, 0) is 4.74 Å². The van der Waals surface area contributed by atoms with Crippen molar-refractivity contribution in [3.05, 3.63) is 0 Å². The number of ether oxygens (including phenoxy) is 1. The van der Waals surface area contributed by atoms with Gasteiger partial charge in [-0.2, -0.15) is 0 Å². The number of halogens is 1. The molecule has 0 aromatic carbocycles. The number of hydrogen-bond acceptors (Lipinski definition) is 3. The molecule has 3 unspecified atom stereocenters. The fraction of sp³-hybridized carbons (Fsp3) is 0.950. The number of fused-ring (bicyclic) bond motifs is 1. The fourth-order valence-corrected chi connectivity index (χ4v) is 5.36. The van der Waals surface area contributed by atoms with Gasteiger partial charge in [0.25, 0.3) is 0 Å². The van der Waals surface area contributed by atoms with Crippen LogP contribution in [0.4, 0.5) is 0 Å². The molecule has 152 valence electrons. The molecule has 0 bridgehead atoms. The van der Waals surface area contributed by atoms with E-state index in [-0.39, 0.29) is 41.4 Å². The van der Waals surface area contributed by atoms with Gasteiger partial charge in [-0.25, -0.2) is 0 Å². The number of aliphatic imine (C=N–C) groups is 1. The lowest BCUT2D eigenvalue weighted by molar-refractivity contribution is -0.106. The predicted octanol–water partition coefficient (Wildman–Crippen LogP) is 3.31. The molecular weight excluding hydrogens is 441 g/mol. The van der Waals surface area contributed by atoms with Gasteiger partial charge in [0.2, 0.25) is 0 Å². The highest BCUT2D eigenvalue weighted by molar-refractivity contribution is 14.0. The van der Waals surface area contributed by atoms with Crippen LogP contribution in [0.3, 0.4) is 0 Å². The maximum atomic E-state index is 9.52. The van der Waals surface area contributed by atoms with E-state index in [2.05, 4.69) is 31.4 Å². The van der Waals surface area contributed by atoms with Gasteiger partial charge in [0.15, 0.2) is 5.96 Å². The first kappa shape index (κ1) is 22.2. The van der Waals surface area contributed by atoms with Crippen molar-refractivity contribution >= 4 is 29.9 Å². The third-order valence-electron chi connectivity index (χ3n) is 6.87. The van der Waals surface area contributed by atoms with Gasteiger partial charge in [0.1, 0.15) is 0 Å². The minimum absolute atomic E-state index is 0. The molecule has 3 N–H and O–H groups in total. The van der Waals surface area contributed by atoms with Crippen LogP contribution in [0.1, 0.15) is 65.7 Å². The molecule has 3 atom stereocenters. The van der Waals surface area contributed by atoms with Crippen molar-refractivity contribution in [2.24, 2.45) is 21.7 Å². The lowest BCUT2D eigenvalue weighted by atomic mass is 9.57. The van der Waals surface area contributed by atoms with Crippen LogP contribution in [0.2, 0.25) is 0 Å². The Kier molecular flexibility index (Phi) is 8.04. The Bertz CT molecular complexity index is 472. The largest absolute Gasteiger partial charge is 0.396 e. The van der Waals surface area contributed by atoms with Gasteiger partial charge in [-0.3, -0.25) is 4.99 Å². The molecule has 1 aliphatic heterocycles. The quantitative estimate of drug-likeness (QED) is 0.311. The van der Waals surface area contributed by atoms with E-state index in [0.29, 0.717) is 18.1 Å². The number of rotatable bonds is 6. The average molecular weight is 479 g/mol. The summed E-state index contributed by atoms with van der Waals surface area (Å²) >= 11 is 0. The molecule has 5 nitrogen and oxygen atoms in total. The molecular formula is C20H38IN3O2. The summed E-state index contributed by atoms with van der Waals surface area (Å²) in [6, 6.07) is 0.429. The van der Waals surface area contributed by atoms with E-state index in [1.165, 1.54) is 32.1 Å². The summed E-state index contributed by atoms with van der Waals surface area (Å²) in [5.74, 6) is 1.55. The molecule has 1 saturated heterocycles. The Morgan fingerprint density at radius 1 is 1.23 bits per heavy atom. The van der Waals surface area contributed by atoms with Crippen LogP contribution in [-0.4, -0.2) is 49.5 Å². The van der Waals surface area contributed by atoms with Gasteiger partial charge >= 0.3 is 0 Å². The minimum Gasteiger partial charge on any atom is -0.396 e. The number of nitrogens with one attached hydrogen (secondary N) is 2. The summed E-state index contributed by atoms with van der Waals surface area (Å²) in [6.45, 7) is 9.58. The first-order valence-corrected chi connectivity index (χ1v) is 10.3. The van der Waals surface area contributed by atoms with Crippen LogP contribution < -0.4 is 10.6 Å². The van der Waals surface area contributed by atoms with Crippen molar-refractivity contribution in [1.29, 1.82) is 0 Å². The molecule has 3 fully saturated rings. The van der Waals surface area contributed by atoms with Crippen molar-refractivity contribution in [3.8, 4) is 0 Å². The van der Waals surface area contributed by atoms with Gasteiger partial charge in [-0.1, -0.05) is 33.1 Å². The number of aliphatic hydroxyl groups is 1. The highest BCUT2D eigenvalue weighted by Crippen LogP contribution is 2.52. The fourth-order valence-electron chi connectivity index (χ4n) is 5.36. The normalized spacial score (nSPS) is 32.2. The molecule has 6 heteroatoms. The predicted molar refractivity (Wildman–Crippen MR) is 117 cm³/mol. The maximum absolute atomic E-state index is 9.52. The Hall–Kier alpha value is -0.0800. The minimum atomic E-state index is 0. The van der Waals surface area contributed by atoms with E-state index in [1.807, 2.05) is 0 Å². The summed E-state index contributed by atoms with van der Waals surface area (Å²) in [7, 11) is 0. The van der Waals surface area contributed by atoms with Gasteiger partial charge < -0.3 is 20.5 Å². The highest BCUT2D eigenvalue weighted by Gasteiger charge is 2.59. The van der Waals surface area contributed by atoms with Crippen molar-refractivity contribution < 1.29 is 9.84 Å². The van der Waals surface area contributed by atoms with Gasteiger partial charge in [0, 0.05) is 43.7 Å². The summed E-state index contributed by atoms with van der Waals surface area (Å²) < 4.78 is 5.91. The maximum Gasteiger partial charge on any atom is 0.191 e. The van der Waals surface area contributed by atoms with E-state index in [4.69, 9.17) is 9.73 Å². The molecule has 0 spiro atoms. The molecule has 26 heavy (non-hydrogen) atoms. The van der Waals surface area contributed by atoms with Gasteiger partial charge in [0.05, 0.1) is 6.10 Å². The summed E-state index contributed by atoms with van der Waals surface area (Å²) in [6.07, 6.45) is 8.70. The second-order valence-electron chi connectivity index (χ2n) is 8.92. The third-order valence-corrected chi connectivity index (χ3v) is 6.87. The first-order valence-electron chi connectivity index (χ1n) is 10.3. The Labute approximate surface area is 176 Å². The summed E-state index contributed by atoms with van der Waals surface area (Å²) in [5.41, 5.74) is 0.356. The van der Waals surface area contributed by atoms with Crippen LogP contribution in [0.5, 0.6) is 0 Å². The van der Waals surface area contributed by atoms with Crippen molar-refractivity contribution in [3.63, 3.8) is 0 Å². The molecule has 0 aromatic rings. The molecule has 3 rings (SSSR count). The summed E-state index contributed by atoms with van der Waals surface area (Å²) in [4.78, 5) is 4.97. The van der Waals surface area contributed by atoms with Gasteiger partial charge in [-0.15, -0.1) is 24.0 Å². The zero-order chi connectivity index (χ0) is 17.9. The standard InChI is InChI=1S/C20H37N3O2.HI/c1-4-21-18(22-14-20(11-12-24)9-6-5-7-10-20)23-16-15-8-13-25-17(15)19(16,2)3;/h15-17,24H,4-14H2,1-3H3,(H2,21,22,23);1H. The Morgan fingerprint density at radius 2 is 1.96 bits per heavy atom. The van der Waals surface area contributed by atoms with Gasteiger partial charge in [-0.05, 0) is 38.0 Å². The number of hydrogen-bond donors (Lipinski definition) is 3. The van der Waals surface area contributed by atoms with E-state index in [0.717, 1.165) is 38.5 Å². The van der Waals surface area contributed by atoms with Crippen molar-refractivity contribution in [2.75, 3.05) is 26.3 Å². The van der Waals surface area contributed by atoms with Crippen molar-refractivity contribution in [2.45, 2.75) is 77.9 Å². The van der Waals surface area contributed by atoms with Crippen LogP contribution in [0.15, 0.2) is 4.99 Å². The van der Waals surface area contributed by atoms with Crippen LogP contribution in [0, 0.1) is 16.7 Å². The monoisotopic (exact) mass is 479 g/mol. The second kappa shape index (κ2) is 9.41. The lowest BCUT2D eigenvalue weighted by Crippen LogP contribution is -2.68. The Balaban J connectivity index is 0.00000243. The SMILES string of the molecule is CCNC(=NCC1(CCO)CCCCC1)NC1C2CCOC2C1(C)C.I. The zero-order valence-corrected chi connectivity index (χ0v) is 19.1. The first-order chi connectivity index (χ1) is 12.0. The smallest absolute Gasteiger partial charge is 0.191 e. The van der Waals surface area contributed by atoms with Crippen LogP contribution in [0.25, 0.3) is 0 Å². The van der Waals surface area contributed by atoms with E-state index < -0.39 is 0 Å². The number of guanidine groups is 1. The Morgan fingerprint density at radius 3 is 2.62 bits per heavy atom. The molecule has 2 saturated carbocycles. The van der Waals surface area contributed by atoms with Crippen molar-refractivity contribution in [1.82, 2.24) is 10.6 Å². The third kappa shape index (κ3) is 4.49. The van der Waals surface area contributed by atoms with E-state index in [9.17, 15) is 5.11 Å². The molecule has 3 aliphatic rings. The lowest BCUT2D eigenvalue weighted by Gasteiger charge is -2.55. The topological polar surface area (TPSA) is 65.9 Å². The number of aliphatic hydroxyl groups excluding tert-OH is 1. The molecule has 0 aromatic heterocycles. The average Bonchev–Trinajstić information content (AvgIpc) is 3.05. The van der Waals surface area contributed by atoms with E-state index in [1.54, 1.807) is 0 Å². The summed E-state index contributed by atoms with van der Waals surface area (Å²) in [5, 5.41) is 16.7. The molecule has 0 amide bonds. The number of nitrogens with zero attached hydrogens (tertiary/aromatic N) is 1. The van der Waals surface area contributed by atoms with Crippen LogP contribution >= 0.6 is 24.0 Å². The molecule has 0 radical (unpaired) electrons.